The van der Waals surface area contributed by atoms with Gasteiger partial charge in [0.15, 0.2) is 11.2 Å². The summed E-state index contributed by atoms with van der Waals surface area (Å²) in [4.78, 5) is 16.1. The predicted molar refractivity (Wildman–Crippen MR) is 126 cm³/mol. The van der Waals surface area contributed by atoms with Gasteiger partial charge in [0.05, 0.1) is 6.04 Å². The van der Waals surface area contributed by atoms with Gasteiger partial charge in [0, 0.05) is 6.04 Å². The van der Waals surface area contributed by atoms with Gasteiger partial charge >= 0.3 is 5.97 Å². The van der Waals surface area contributed by atoms with Crippen molar-refractivity contribution in [3.8, 4) is 5.75 Å². The Bertz CT molecular complexity index is 994. The second kappa shape index (κ2) is 10.6. The molecule has 0 saturated carbocycles. The molecule has 1 aromatic heterocycles. The molecule has 0 aliphatic rings. The summed E-state index contributed by atoms with van der Waals surface area (Å²) < 4.78 is 11.8. The Kier molecular flexibility index (Phi) is 7.91. The highest BCUT2D eigenvalue weighted by Gasteiger charge is 2.29. The number of oxazole rings is 1. The molecule has 2 N–H and O–H groups in total. The lowest BCUT2D eigenvalue weighted by atomic mass is 10.0. The highest BCUT2D eigenvalue weighted by atomic mass is 16.5. The van der Waals surface area contributed by atoms with E-state index in [-0.39, 0.29) is 12.1 Å². The number of fused-ring (bicyclic) bond motifs is 1. The number of rotatable bonds is 12. The van der Waals surface area contributed by atoms with Gasteiger partial charge < -0.3 is 14.3 Å². The summed E-state index contributed by atoms with van der Waals surface area (Å²) in [5, 5.41) is 13.0. The van der Waals surface area contributed by atoms with Gasteiger partial charge in [-0.1, -0.05) is 56.9 Å². The maximum absolute atomic E-state index is 11.4. The Morgan fingerprint density at radius 3 is 2.66 bits per heavy atom. The summed E-state index contributed by atoms with van der Waals surface area (Å²) in [6, 6.07) is 15.4. The van der Waals surface area contributed by atoms with Crippen LogP contribution in [-0.2, 0) is 4.79 Å². The quantitative estimate of drug-likeness (QED) is 0.317. The molecule has 3 aromatic rings. The van der Waals surface area contributed by atoms with Crippen molar-refractivity contribution >= 4 is 17.1 Å². The molecule has 0 saturated heterocycles. The third-order valence-corrected chi connectivity index (χ3v) is 5.65. The van der Waals surface area contributed by atoms with E-state index in [1.54, 1.807) is 19.9 Å². The number of ether oxygens (including phenoxy) is 1. The molecule has 0 amide bonds. The minimum Gasteiger partial charge on any atom is -0.478 e. The molecule has 2 unspecified atom stereocenters. The largest absolute Gasteiger partial charge is 0.478 e. The molecule has 0 bridgehead atoms. The van der Waals surface area contributed by atoms with Crippen LogP contribution in [0.15, 0.2) is 52.9 Å². The SMILES string of the molecule is CCCCCCC(NC(C)c1cccc(OC(C)(C)C(=O)O)c1)c1nc2ccccc2o1. The molecular formula is C26H34N2O4. The summed E-state index contributed by atoms with van der Waals surface area (Å²) >= 11 is 0. The van der Waals surface area contributed by atoms with Crippen molar-refractivity contribution < 1.29 is 19.1 Å². The minimum absolute atomic E-state index is 0.00215. The Labute approximate surface area is 190 Å². The second-order valence-electron chi connectivity index (χ2n) is 8.80. The first-order chi connectivity index (χ1) is 15.3. The zero-order valence-corrected chi connectivity index (χ0v) is 19.4. The van der Waals surface area contributed by atoms with Crippen molar-refractivity contribution in [3.05, 3.63) is 60.0 Å². The lowest BCUT2D eigenvalue weighted by molar-refractivity contribution is -0.152. The topological polar surface area (TPSA) is 84.6 Å². The zero-order valence-electron chi connectivity index (χ0n) is 19.4. The minimum atomic E-state index is -1.30. The number of benzene rings is 2. The number of carbonyl (C=O) groups is 1. The normalized spacial score (nSPS) is 13.8. The average molecular weight is 439 g/mol. The van der Waals surface area contributed by atoms with Crippen LogP contribution in [0, 0.1) is 0 Å². The van der Waals surface area contributed by atoms with Crippen molar-refractivity contribution in [2.45, 2.75) is 77.5 Å². The van der Waals surface area contributed by atoms with Crippen LogP contribution in [0.3, 0.4) is 0 Å². The van der Waals surface area contributed by atoms with Crippen LogP contribution in [0.25, 0.3) is 11.1 Å². The van der Waals surface area contributed by atoms with E-state index in [4.69, 9.17) is 14.1 Å². The van der Waals surface area contributed by atoms with Gasteiger partial charge in [-0.05, 0) is 57.0 Å². The maximum Gasteiger partial charge on any atom is 0.347 e. The van der Waals surface area contributed by atoms with Gasteiger partial charge in [-0.25, -0.2) is 9.78 Å². The number of carboxylic acid groups (broad SMARTS) is 1. The molecule has 2 aromatic carbocycles. The predicted octanol–water partition coefficient (Wildman–Crippen LogP) is 6.43. The van der Waals surface area contributed by atoms with E-state index in [1.165, 1.54) is 19.3 Å². The van der Waals surface area contributed by atoms with E-state index >= 15 is 0 Å². The molecule has 6 nitrogen and oxygen atoms in total. The van der Waals surface area contributed by atoms with E-state index < -0.39 is 11.6 Å². The molecule has 6 heteroatoms. The Hall–Kier alpha value is -2.86. The summed E-state index contributed by atoms with van der Waals surface area (Å²) in [7, 11) is 0. The lowest BCUT2D eigenvalue weighted by Crippen LogP contribution is -2.37. The van der Waals surface area contributed by atoms with Crippen molar-refractivity contribution in [3.63, 3.8) is 0 Å². The highest BCUT2D eigenvalue weighted by molar-refractivity contribution is 5.76. The number of carboxylic acids is 1. The van der Waals surface area contributed by atoms with Gasteiger partial charge in [0.25, 0.3) is 0 Å². The number of unbranched alkanes of at least 4 members (excludes halogenated alkanes) is 3. The summed E-state index contributed by atoms with van der Waals surface area (Å²) in [5.41, 5.74) is 1.37. The van der Waals surface area contributed by atoms with Crippen molar-refractivity contribution in [2.75, 3.05) is 0 Å². The van der Waals surface area contributed by atoms with Crippen LogP contribution >= 0.6 is 0 Å². The van der Waals surface area contributed by atoms with E-state index in [0.29, 0.717) is 11.6 Å². The fraction of sp³-hybridized carbons (Fsp3) is 0.462. The molecule has 0 fully saturated rings. The van der Waals surface area contributed by atoms with Crippen LogP contribution in [0.1, 0.15) is 83.3 Å². The first-order valence-corrected chi connectivity index (χ1v) is 11.4. The first-order valence-electron chi connectivity index (χ1n) is 11.4. The van der Waals surface area contributed by atoms with Gasteiger partial charge in [0.1, 0.15) is 11.3 Å². The maximum atomic E-state index is 11.4. The molecule has 0 spiro atoms. The first kappa shape index (κ1) is 23.8. The molecule has 0 radical (unpaired) electrons. The van der Waals surface area contributed by atoms with Gasteiger partial charge in [-0.15, -0.1) is 0 Å². The zero-order chi connectivity index (χ0) is 23.1. The smallest absolute Gasteiger partial charge is 0.347 e. The molecule has 32 heavy (non-hydrogen) atoms. The van der Waals surface area contributed by atoms with Crippen molar-refractivity contribution in [1.82, 2.24) is 10.3 Å². The lowest BCUT2D eigenvalue weighted by Gasteiger charge is -2.24. The van der Waals surface area contributed by atoms with Crippen LogP contribution in [-0.4, -0.2) is 21.7 Å². The number of nitrogens with zero attached hydrogens (tertiary/aromatic N) is 1. The van der Waals surface area contributed by atoms with Crippen LogP contribution in [0.4, 0.5) is 0 Å². The van der Waals surface area contributed by atoms with Crippen LogP contribution < -0.4 is 10.1 Å². The molecule has 172 valence electrons. The van der Waals surface area contributed by atoms with E-state index in [9.17, 15) is 9.90 Å². The van der Waals surface area contributed by atoms with Crippen LogP contribution in [0.5, 0.6) is 5.75 Å². The number of hydrogen-bond acceptors (Lipinski definition) is 5. The molecular weight excluding hydrogens is 404 g/mol. The fourth-order valence-corrected chi connectivity index (χ4v) is 3.68. The molecule has 1 heterocycles. The van der Waals surface area contributed by atoms with E-state index in [1.807, 2.05) is 42.5 Å². The number of para-hydroxylation sites is 2. The van der Waals surface area contributed by atoms with Crippen LogP contribution in [0.2, 0.25) is 0 Å². The molecule has 0 aliphatic carbocycles. The van der Waals surface area contributed by atoms with E-state index in [0.717, 1.165) is 29.5 Å². The Morgan fingerprint density at radius 2 is 1.94 bits per heavy atom. The molecule has 2 atom stereocenters. The number of hydrogen-bond donors (Lipinski definition) is 2. The summed E-state index contributed by atoms with van der Waals surface area (Å²) in [6.07, 6.45) is 5.61. The third-order valence-electron chi connectivity index (χ3n) is 5.65. The van der Waals surface area contributed by atoms with Gasteiger partial charge in [-0.3, -0.25) is 5.32 Å². The van der Waals surface area contributed by atoms with E-state index in [2.05, 4.69) is 19.2 Å². The highest BCUT2D eigenvalue weighted by Crippen LogP contribution is 2.29. The van der Waals surface area contributed by atoms with Crippen molar-refractivity contribution in [2.24, 2.45) is 0 Å². The fourth-order valence-electron chi connectivity index (χ4n) is 3.68. The Morgan fingerprint density at radius 1 is 1.16 bits per heavy atom. The summed E-state index contributed by atoms with van der Waals surface area (Å²) in [6.45, 7) is 7.38. The Balaban J connectivity index is 1.77. The molecule has 0 aliphatic heterocycles. The second-order valence-corrected chi connectivity index (χ2v) is 8.80. The number of aliphatic carboxylic acids is 1. The number of nitrogens with one attached hydrogen (secondary N) is 1. The van der Waals surface area contributed by atoms with Gasteiger partial charge in [-0.2, -0.15) is 0 Å². The number of aromatic nitrogens is 1. The van der Waals surface area contributed by atoms with Gasteiger partial charge in [0.2, 0.25) is 5.89 Å². The standard InChI is InChI=1S/C26H34N2O4/c1-5-6-7-8-15-22(24-28-21-14-9-10-16-23(21)31-24)27-18(2)19-12-11-13-20(17-19)32-26(3,4)25(29)30/h9-14,16-18,22,27H,5-8,15H2,1-4H3,(H,29,30). The molecule has 3 rings (SSSR count). The average Bonchev–Trinajstić information content (AvgIpc) is 3.19. The third kappa shape index (κ3) is 6.10. The monoisotopic (exact) mass is 438 g/mol. The van der Waals surface area contributed by atoms with Crippen molar-refractivity contribution in [1.29, 1.82) is 0 Å². The summed E-state index contributed by atoms with van der Waals surface area (Å²) in [5.74, 6) is 0.232.